The number of carbonyl (C=O) groups is 1. The second-order valence-electron chi connectivity index (χ2n) is 5.50. The smallest absolute Gasteiger partial charge is 0.241 e. The van der Waals surface area contributed by atoms with Crippen LogP contribution >= 0.6 is 0 Å². The number of benzene rings is 1. The molecule has 0 atom stereocenters. The first-order valence-corrected chi connectivity index (χ1v) is 6.74. The molecule has 4 nitrogen and oxygen atoms in total. The van der Waals surface area contributed by atoms with E-state index < -0.39 is 0 Å². The van der Waals surface area contributed by atoms with Crippen LogP contribution in [0.3, 0.4) is 0 Å². The number of aromatic nitrogens is 1. The van der Waals surface area contributed by atoms with Crippen molar-refractivity contribution in [3.8, 4) is 0 Å². The highest BCUT2D eigenvalue weighted by Gasteiger charge is 2.13. The van der Waals surface area contributed by atoms with Crippen LogP contribution in [0.15, 0.2) is 35.3 Å². The quantitative estimate of drug-likeness (QED) is 0.859. The van der Waals surface area contributed by atoms with Gasteiger partial charge >= 0.3 is 0 Å². The SMILES string of the molecule is CC(C)c1cn(CC(=O)N(C)C)c2ccccc2c1=O. The summed E-state index contributed by atoms with van der Waals surface area (Å²) in [6.45, 7) is 4.22. The fourth-order valence-corrected chi connectivity index (χ4v) is 2.20. The van der Waals surface area contributed by atoms with E-state index >= 15 is 0 Å². The maximum Gasteiger partial charge on any atom is 0.241 e. The molecule has 0 radical (unpaired) electrons. The highest BCUT2D eigenvalue weighted by atomic mass is 16.2. The Labute approximate surface area is 118 Å². The van der Waals surface area contributed by atoms with Crippen LogP contribution in [0.1, 0.15) is 25.3 Å². The molecular weight excluding hydrogens is 252 g/mol. The van der Waals surface area contributed by atoms with Gasteiger partial charge in [0, 0.05) is 31.2 Å². The lowest BCUT2D eigenvalue weighted by Gasteiger charge is -2.17. The van der Waals surface area contributed by atoms with Crippen LogP contribution < -0.4 is 5.43 Å². The summed E-state index contributed by atoms with van der Waals surface area (Å²) in [5, 5.41) is 0.672. The predicted octanol–water partition coefficient (Wildman–Crippen LogP) is 2.21. The van der Waals surface area contributed by atoms with Crippen LogP contribution in [0.2, 0.25) is 0 Å². The molecule has 1 heterocycles. The van der Waals surface area contributed by atoms with Gasteiger partial charge in [0.05, 0.1) is 5.52 Å². The molecule has 0 aliphatic carbocycles. The van der Waals surface area contributed by atoms with Crippen LogP contribution in [0, 0.1) is 0 Å². The van der Waals surface area contributed by atoms with Crippen molar-refractivity contribution in [2.75, 3.05) is 14.1 Å². The Balaban J connectivity index is 2.67. The molecule has 1 aromatic heterocycles. The zero-order chi connectivity index (χ0) is 14.9. The molecule has 0 spiro atoms. The Morgan fingerprint density at radius 1 is 1.25 bits per heavy atom. The number of hydrogen-bond acceptors (Lipinski definition) is 2. The summed E-state index contributed by atoms with van der Waals surface area (Å²) in [6.07, 6.45) is 1.82. The van der Waals surface area contributed by atoms with E-state index in [1.54, 1.807) is 19.0 Å². The minimum atomic E-state index is 0.00788. The number of para-hydroxylation sites is 1. The molecular formula is C16H20N2O2. The highest BCUT2D eigenvalue weighted by Crippen LogP contribution is 2.16. The van der Waals surface area contributed by atoms with E-state index in [1.165, 1.54) is 0 Å². The number of carbonyl (C=O) groups excluding carboxylic acids is 1. The molecule has 2 rings (SSSR count). The number of pyridine rings is 1. The fraction of sp³-hybridized carbons (Fsp3) is 0.375. The van der Waals surface area contributed by atoms with Gasteiger partial charge < -0.3 is 9.47 Å². The first-order valence-electron chi connectivity index (χ1n) is 6.74. The number of likely N-dealkylation sites (N-methyl/N-ethyl adjacent to an activating group) is 1. The summed E-state index contributed by atoms with van der Waals surface area (Å²) in [6, 6.07) is 7.43. The Bertz CT molecular complexity index is 699. The molecule has 0 N–H and O–H groups in total. The van der Waals surface area contributed by atoms with Crippen LogP contribution in [-0.4, -0.2) is 29.5 Å². The fourth-order valence-electron chi connectivity index (χ4n) is 2.20. The van der Waals surface area contributed by atoms with Crippen molar-refractivity contribution in [3.05, 3.63) is 46.2 Å². The number of rotatable bonds is 3. The lowest BCUT2D eigenvalue weighted by molar-refractivity contribution is -0.129. The Morgan fingerprint density at radius 3 is 2.50 bits per heavy atom. The first-order chi connectivity index (χ1) is 9.41. The zero-order valence-corrected chi connectivity index (χ0v) is 12.4. The Hall–Kier alpha value is -2.10. The average molecular weight is 272 g/mol. The van der Waals surface area contributed by atoms with Crippen molar-refractivity contribution in [2.24, 2.45) is 0 Å². The maximum absolute atomic E-state index is 12.4. The van der Waals surface area contributed by atoms with Gasteiger partial charge in [0.2, 0.25) is 5.91 Å². The second kappa shape index (κ2) is 5.49. The van der Waals surface area contributed by atoms with Crippen molar-refractivity contribution >= 4 is 16.8 Å². The van der Waals surface area contributed by atoms with Crippen molar-refractivity contribution < 1.29 is 4.79 Å². The van der Waals surface area contributed by atoms with Gasteiger partial charge in [-0.15, -0.1) is 0 Å². The van der Waals surface area contributed by atoms with E-state index in [4.69, 9.17) is 0 Å². The van der Waals surface area contributed by atoms with E-state index in [0.29, 0.717) is 5.39 Å². The van der Waals surface area contributed by atoms with Crippen LogP contribution in [0.4, 0.5) is 0 Å². The summed E-state index contributed by atoms with van der Waals surface area (Å²) in [4.78, 5) is 25.9. The third-order valence-corrected chi connectivity index (χ3v) is 3.44. The number of hydrogen-bond donors (Lipinski definition) is 0. The third-order valence-electron chi connectivity index (χ3n) is 3.44. The van der Waals surface area contributed by atoms with Crippen LogP contribution in [-0.2, 0) is 11.3 Å². The molecule has 20 heavy (non-hydrogen) atoms. The van der Waals surface area contributed by atoms with Gasteiger partial charge in [-0.05, 0) is 18.1 Å². The van der Waals surface area contributed by atoms with Gasteiger partial charge in [0.15, 0.2) is 5.43 Å². The molecule has 0 unspecified atom stereocenters. The summed E-state index contributed by atoms with van der Waals surface area (Å²) in [5.41, 5.74) is 1.61. The standard InChI is InChI=1S/C16H20N2O2/c1-11(2)13-9-18(10-15(19)17(3)4)14-8-6-5-7-12(14)16(13)20/h5-9,11H,10H2,1-4H3. The van der Waals surface area contributed by atoms with E-state index in [0.717, 1.165) is 11.1 Å². The molecule has 106 valence electrons. The van der Waals surface area contributed by atoms with Gasteiger partial charge in [0.1, 0.15) is 6.54 Å². The van der Waals surface area contributed by atoms with Crippen LogP contribution in [0.5, 0.6) is 0 Å². The monoisotopic (exact) mass is 272 g/mol. The largest absolute Gasteiger partial charge is 0.347 e. The first kappa shape index (κ1) is 14.3. The van der Waals surface area contributed by atoms with E-state index in [-0.39, 0.29) is 23.8 Å². The molecule has 0 aliphatic rings. The van der Waals surface area contributed by atoms with Crippen LogP contribution in [0.25, 0.3) is 10.9 Å². The lowest BCUT2D eigenvalue weighted by Crippen LogP contribution is -2.27. The van der Waals surface area contributed by atoms with E-state index in [1.807, 2.05) is 48.9 Å². The summed E-state index contributed by atoms with van der Waals surface area (Å²) in [5.74, 6) is 0.140. The molecule has 1 aromatic carbocycles. The minimum absolute atomic E-state index is 0.00788. The molecule has 0 bridgehead atoms. The van der Waals surface area contributed by atoms with E-state index in [9.17, 15) is 9.59 Å². The zero-order valence-electron chi connectivity index (χ0n) is 12.4. The normalized spacial score (nSPS) is 11.1. The molecule has 0 saturated carbocycles. The summed E-state index contributed by atoms with van der Waals surface area (Å²) < 4.78 is 1.87. The van der Waals surface area contributed by atoms with Crippen molar-refractivity contribution in [3.63, 3.8) is 0 Å². The van der Waals surface area contributed by atoms with Gasteiger partial charge in [0.25, 0.3) is 0 Å². The molecule has 0 fully saturated rings. The molecule has 0 aliphatic heterocycles. The molecule has 4 heteroatoms. The average Bonchev–Trinajstić information content (AvgIpc) is 2.41. The van der Waals surface area contributed by atoms with Gasteiger partial charge in [-0.1, -0.05) is 26.0 Å². The van der Waals surface area contributed by atoms with Crippen molar-refractivity contribution in [1.82, 2.24) is 9.47 Å². The van der Waals surface area contributed by atoms with Crippen molar-refractivity contribution in [1.29, 1.82) is 0 Å². The number of nitrogens with zero attached hydrogens (tertiary/aromatic N) is 2. The number of fused-ring (bicyclic) bond motifs is 1. The minimum Gasteiger partial charge on any atom is -0.347 e. The van der Waals surface area contributed by atoms with Gasteiger partial charge in [-0.2, -0.15) is 0 Å². The molecule has 1 amide bonds. The predicted molar refractivity (Wildman–Crippen MR) is 81.0 cm³/mol. The van der Waals surface area contributed by atoms with E-state index in [2.05, 4.69) is 0 Å². The summed E-state index contributed by atoms with van der Waals surface area (Å²) >= 11 is 0. The second-order valence-corrected chi connectivity index (χ2v) is 5.50. The Kier molecular flexibility index (Phi) is 3.93. The maximum atomic E-state index is 12.4. The van der Waals surface area contributed by atoms with Gasteiger partial charge in [-0.3, -0.25) is 9.59 Å². The van der Waals surface area contributed by atoms with Gasteiger partial charge in [-0.25, -0.2) is 0 Å². The lowest BCUT2D eigenvalue weighted by atomic mass is 10.0. The topological polar surface area (TPSA) is 42.3 Å². The Morgan fingerprint density at radius 2 is 1.90 bits per heavy atom. The molecule has 2 aromatic rings. The number of amides is 1. The summed E-state index contributed by atoms with van der Waals surface area (Å²) in [7, 11) is 3.47. The highest BCUT2D eigenvalue weighted by molar-refractivity contribution is 5.82. The third kappa shape index (κ3) is 2.59. The van der Waals surface area contributed by atoms with Crippen molar-refractivity contribution in [2.45, 2.75) is 26.3 Å². The molecule has 0 saturated heterocycles.